The molecule has 0 bridgehead atoms. The summed E-state index contributed by atoms with van der Waals surface area (Å²) in [6.07, 6.45) is 4.64. The van der Waals surface area contributed by atoms with Crippen molar-refractivity contribution in [2.24, 2.45) is 16.9 Å². The van der Waals surface area contributed by atoms with Gasteiger partial charge in [0.05, 0.1) is 12.7 Å². The van der Waals surface area contributed by atoms with Crippen LogP contribution in [0.4, 0.5) is 0 Å². The fourth-order valence-corrected chi connectivity index (χ4v) is 1.90. The fraction of sp³-hybridized carbons (Fsp3) is 0.917. The van der Waals surface area contributed by atoms with Gasteiger partial charge in [-0.25, -0.2) is 0 Å². The van der Waals surface area contributed by atoms with Gasteiger partial charge >= 0.3 is 0 Å². The van der Waals surface area contributed by atoms with Crippen molar-refractivity contribution >= 4 is 5.91 Å². The number of carbonyl (C=O) groups is 1. The molecule has 0 radical (unpaired) electrons. The van der Waals surface area contributed by atoms with E-state index in [-0.39, 0.29) is 12.7 Å². The van der Waals surface area contributed by atoms with Gasteiger partial charge in [-0.3, -0.25) is 4.79 Å². The van der Waals surface area contributed by atoms with E-state index in [2.05, 4.69) is 13.8 Å². The van der Waals surface area contributed by atoms with Crippen molar-refractivity contribution in [3.05, 3.63) is 0 Å². The second-order valence-corrected chi connectivity index (χ2v) is 5.96. The Labute approximate surface area is 97.7 Å². The molecule has 1 saturated carbocycles. The zero-order valence-corrected chi connectivity index (χ0v) is 10.6. The van der Waals surface area contributed by atoms with Crippen LogP contribution in [0.5, 0.6) is 0 Å². The first-order valence-corrected chi connectivity index (χ1v) is 5.93. The normalized spacial score (nSPS) is 25.0. The molecular weight excluding hydrogens is 204 g/mol. The number of ether oxygens (including phenoxy) is 1. The Hall–Kier alpha value is -0.610. The predicted molar refractivity (Wildman–Crippen MR) is 63.8 cm³/mol. The number of nitrogens with two attached hydrogens (primary N) is 2. The first kappa shape index (κ1) is 13.5. The number of hydrogen-bond acceptors (Lipinski definition) is 3. The number of primary amides is 1. The van der Waals surface area contributed by atoms with E-state index in [1.54, 1.807) is 6.92 Å². The summed E-state index contributed by atoms with van der Waals surface area (Å²) in [4.78, 5) is 11.0. The molecule has 0 aromatic heterocycles. The molecule has 1 atom stereocenters. The van der Waals surface area contributed by atoms with Crippen molar-refractivity contribution < 1.29 is 9.53 Å². The van der Waals surface area contributed by atoms with E-state index >= 15 is 0 Å². The molecule has 1 rings (SSSR count). The van der Waals surface area contributed by atoms with Gasteiger partial charge in [0, 0.05) is 0 Å². The van der Waals surface area contributed by atoms with Crippen LogP contribution in [0.1, 0.15) is 46.5 Å². The maximum absolute atomic E-state index is 11.0. The summed E-state index contributed by atoms with van der Waals surface area (Å²) >= 11 is 0. The smallest absolute Gasteiger partial charge is 0.239 e. The molecule has 1 amide bonds. The summed E-state index contributed by atoms with van der Waals surface area (Å²) in [5.74, 6) is -0.511. The standard InChI is InChI=1S/C12H24N2O2/c1-11(2)6-4-9(5-7-11)16-8-12(3,14)10(13)15/h9H,4-8,14H2,1-3H3,(H2,13,15). The van der Waals surface area contributed by atoms with E-state index in [4.69, 9.17) is 16.2 Å². The lowest BCUT2D eigenvalue weighted by molar-refractivity contribution is -0.126. The molecule has 4 heteroatoms. The molecule has 4 N–H and O–H groups in total. The van der Waals surface area contributed by atoms with Crippen molar-refractivity contribution in [2.45, 2.75) is 58.1 Å². The lowest BCUT2D eigenvalue weighted by atomic mass is 9.76. The summed E-state index contributed by atoms with van der Waals surface area (Å²) < 4.78 is 5.68. The molecule has 0 aromatic carbocycles. The van der Waals surface area contributed by atoms with Crippen LogP contribution < -0.4 is 11.5 Å². The minimum absolute atomic E-state index is 0.216. The van der Waals surface area contributed by atoms with Crippen LogP contribution >= 0.6 is 0 Å². The van der Waals surface area contributed by atoms with Crippen LogP contribution in [0.3, 0.4) is 0 Å². The molecule has 1 aliphatic carbocycles. The van der Waals surface area contributed by atoms with E-state index in [0.717, 1.165) is 25.7 Å². The molecule has 94 valence electrons. The van der Waals surface area contributed by atoms with Gasteiger partial charge < -0.3 is 16.2 Å². The second kappa shape index (κ2) is 4.72. The molecule has 0 saturated heterocycles. The van der Waals surface area contributed by atoms with Gasteiger partial charge in [-0.2, -0.15) is 0 Å². The third-order valence-corrected chi connectivity index (χ3v) is 3.47. The SMILES string of the molecule is CC1(C)CCC(OCC(C)(N)C(N)=O)CC1. The number of carbonyl (C=O) groups excluding carboxylic acids is 1. The summed E-state index contributed by atoms with van der Waals surface area (Å²) in [7, 11) is 0. The van der Waals surface area contributed by atoms with Gasteiger partial charge in [-0.1, -0.05) is 13.8 Å². The summed E-state index contributed by atoms with van der Waals surface area (Å²) in [6, 6.07) is 0. The molecule has 16 heavy (non-hydrogen) atoms. The van der Waals surface area contributed by atoms with Crippen LogP contribution in [0.15, 0.2) is 0 Å². The number of hydrogen-bond donors (Lipinski definition) is 2. The predicted octanol–water partition coefficient (Wildman–Crippen LogP) is 1.17. The first-order chi connectivity index (χ1) is 7.23. The highest BCUT2D eigenvalue weighted by molar-refractivity contribution is 5.83. The molecule has 0 aliphatic heterocycles. The lowest BCUT2D eigenvalue weighted by Crippen LogP contribution is -2.53. The maximum atomic E-state index is 11.0. The summed E-state index contributed by atoms with van der Waals surface area (Å²) in [5.41, 5.74) is 10.3. The molecule has 4 nitrogen and oxygen atoms in total. The average Bonchev–Trinajstić information content (AvgIpc) is 2.16. The Morgan fingerprint density at radius 2 is 1.94 bits per heavy atom. The van der Waals surface area contributed by atoms with Gasteiger partial charge in [-0.05, 0) is 38.0 Å². The van der Waals surface area contributed by atoms with Crippen molar-refractivity contribution in [1.29, 1.82) is 0 Å². The molecule has 0 heterocycles. The van der Waals surface area contributed by atoms with E-state index in [9.17, 15) is 4.79 Å². The van der Waals surface area contributed by atoms with Gasteiger partial charge in [0.25, 0.3) is 0 Å². The van der Waals surface area contributed by atoms with Crippen molar-refractivity contribution in [3.63, 3.8) is 0 Å². The fourth-order valence-electron chi connectivity index (χ4n) is 1.90. The summed E-state index contributed by atoms with van der Waals surface area (Å²) in [6.45, 7) is 6.38. The lowest BCUT2D eigenvalue weighted by Gasteiger charge is -2.35. The van der Waals surface area contributed by atoms with E-state index in [1.807, 2.05) is 0 Å². The quantitative estimate of drug-likeness (QED) is 0.758. The van der Waals surface area contributed by atoms with E-state index < -0.39 is 11.4 Å². The third kappa shape index (κ3) is 3.76. The Bertz CT molecular complexity index is 252. The van der Waals surface area contributed by atoms with Crippen molar-refractivity contribution in [3.8, 4) is 0 Å². The minimum Gasteiger partial charge on any atom is -0.376 e. The molecule has 1 unspecified atom stereocenters. The van der Waals surface area contributed by atoms with Gasteiger partial charge in [0.2, 0.25) is 5.91 Å². The van der Waals surface area contributed by atoms with Gasteiger partial charge in [0.1, 0.15) is 5.54 Å². The monoisotopic (exact) mass is 228 g/mol. The Balaban J connectivity index is 2.33. The molecular formula is C12H24N2O2. The second-order valence-electron chi connectivity index (χ2n) is 5.96. The van der Waals surface area contributed by atoms with Crippen molar-refractivity contribution in [2.75, 3.05) is 6.61 Å². The summed E-state index contributed by atoms with van der Waals surface area (Å²) in [5, 5.41) is 0. The highest BCUT2D eigenvalue weighted by atomic mass is 16.5. The zero-order chi connectivity index (χ0) is 12.4. The van der Waals surface area contributed by atoms with E-state index in [1.165, 1.54) is 0 Å². The Morgan fingerprint density at radius 1 is 1.44 bits per heavy atom. The molecule has 0 aromatic rings. The Kier molecular flexibility index (Phi) is 3.97. The van der Waals surface area contributed by atoms with Crippen molar-refractivity contribution in [1.82, 2.24) is 0 Å². The third-order valence-electron chi connectivity index (χ3n) is 3.47. The molecule has 0 spiro atoms. The first-order valence-electron chi connectivity index (χ1n) is 5.93. The van der Waals surface area contributed by atoms with Crippen LogP contribution in [0.25, 0.3) is 0 Å². The highest BCUT2D eigenvalue weighted by Gasteiger charge is 2.31. The largest absolute Gasteiger partial charge is 0.376 e. The Morgan fingerprint density at radius 3 is 2.38 bits per heavy atom. The van der Waals surface area contributed by atoms with E-state index in [0.29, 0.717) is 5.41 Å². The van der Waals surface area contributed by atoms with Gasteiger partial charge in [0.15, 0.2) is 0 Å². The molecule has 1 fully saturated rings. The van der Waals surface area contributed by atoms with Crippen LogP contribution in [-0.4, -0.2) is 24.2 Å². The highest BCUT2D eigenvalue weighted by Crippen LogP contribution is 2.36. The number of rotatable bonds is 4. The maximum Gasteiger partial charge on any atom is 0.239 e. The van der Waals surface area contributed by atoms with Gasteiger partial charge in [-0.15, -0.1) is 0 Å². The minimum atomic E-state index is -1.05. The zero-order valence-electron chi connectivity index (χ0n) is 10.6. The number of amides is 1. The van der Waals surface area contributed by atoms with Crippen LogP contribution in [0.2, 0.25) is 0 Å². The average molecular weight is 228 g/mol. The van der Waals surface area contributed by atoms with Crippen LogP contribution in [0, 0.1) is 5.41 Å². The molecule has 1 aliphatic rings. The topological polar surface area (TPSA) is 78.3 Å². The van der Waals surface area contributed by atoms with Crippen LogP contribution in [-0.2, 0) is 9.53 Å².